The number of aromatic nitrogens is 2. The Balaban J connectivity index is 2.83. The van der Waals surface area contributed by atoms with Crippen molar-refractivity contribution in [1.82, 2.24) is 18.9 Å². The maximum Gasteiger partial charge on any atom is 0.331 e. The van der Waals surface area contributed by atoms with Crippen molar-refractivity contribution in [3.05, 3.63) is 32.1 Å². The molecule has 1 aromatic heterocycles. The van der Waals surface area contributed by atoms with Crippen molar-refractivity contribution in [3.8, 4) is 12.3 Å². The number of terminal acetylenes is 1. The third-order valence-electron chi connectivity index (χ3n) is 6.59. The minimum absolute atomic E-state index is 0.180. The highest BCUT2D eigenvalue weighted by Gasteiger charge is 2.15. The van der Waals surface area contributed by atoms with Gasteiger partial charge in [0.1, 0.15) is 0 Å². The molecule has 0 saturated heterocycles. The van der Waals surface area contributed by atoms with Gasteiger partial charge in [-0.1, -0.05) is 40.5 Å². The van der Waals surface area contributed by atoms with Crippen molar-refractivity contribution in [1.29, 1.82) is 0 Å². The molecule has 0 aliphatic carbocycles. The van der Waals surface area contributed by atoms with Crippen LogP contribution in [0, 0.1) is 19.3 Å². The van der Waals surface area contributed by atoms with E-state index in [1.165, 1.54) is 4.57 Å². The van der Waals surface area contributed by atoms with E-state index in [1.807, 2.05) is 6.92 Å². The van der Waals surface area contributed by atoms with Gasteiger partial charge in [-0.25, -0.2) is 4.79 Å². The summed E-state index contributed by atoms with van der Waals surface area (Å²) in [6.45, 7) is 18.1. The summed E-state index contributed by atoms with van der Waals surface area (Å²) < 4.78 is 3.20. The van der Waals surface area contributed by atoms with E-state index >= 15 is 0 Å². The molecule has 0 atom stereocenters. The molecule has 6 nitrogen and oxygen atoms in total. The zero-order chi connectivity index (χ0) is 23.9. The van der Waals surface area contributed by atoms with Crippen LogP contribution in [-0.2, 0) is 19.5 Å². The lowest BCUT2D eigenvalue weighted by Crippen LogP contribution is -2.43. The Labute approximate surface area is 195 Å². The Bertz CT molecular complexity index is 811. The van der Waals surface area contributed by atoms with E-state index < -0.39 is 0 Å². The zero-order valence-electron chi connectivity index (χ0n) is 21.3. The van der Waals surface area contributed by atoms with Crippen molar-refractivity contribution < 1.29 is 0 Å². The van der Waals surface area contributed by atoms with Crippen LogP contribution in [0.2, 0.25) is 0 Å². The summed E-state index contributed by atoms with van der Waals surface area (Å²) in [5.41, 5.74) is 0.950. The van der Waals surface area contributed by atoms with Crippen molar-refractivity contribution in [2.45, 2.75) is 92.7 Å². The second kappa shape index (κ2) is 15.9. The van der Waals surface area contributed by atoms with Gasteiger partial charge in [0.15, 0.2) is 0 Å². The summed E-state index contributed by atoms with van der Waals surface area (Å²) in [7, 11) is 0. The quantitative estimate of drug-likeness (QED) is 0.271. The maximum absolute atomic E-state index is 13.2. The van der Waals surface area contributed by atoms with Gasteiger partial charge in [0.2, 0.25) is 0 Å². The summed E-state index contributed by atoms with van der Waals surface area (Å²) in [5.74, 6) is 2.60. The van der Waals surface area contributed by atoms with Gasteiger partial charge in [-0.05, 0) is 71.9 Å². The lowest BCUT2D eigenvalue weighted by atomic mass is 10.1. The van der Waals surface area contributed by atoms with Gasteiger partial charge in [0, 0.05) is 30.8 Å². The molecule has 32 heavy (non-hydrogen) atoms. The topological polar surface area (TPSA) is 50.5 Å². The molecule has 0 fully saturated rings. The minimum Gasteiger partial charge on any atom is -0.304 e. The van der Waals surface area contributed by atoms with Crippen LogP contribution in [0.25, 0.3) is 0 Å². The first-order valence-electron chi connectivity index (χ1n) is 12.7. The lowest BCUT2D eigenvalue weighted by Gasteiger charge is -2.19. The first-order valence-corrected chi connectivity index (χ1v) is 12.7. The molecule has 182 valence electrons. The molecular weight excluding hydrogens is 400 g/mol. The summed E-state index contributed by atoms with van der Waals surface area (Å²) in [5, 5.41) is 0. The normalized spacial score (nSPS) is 11.4. The first-order chi connectivity index (χ1) is 15.4. The van der Waals surface area contributed by atoms with Gasteiger partial charge < -0.3 is 9.80 Å². The van der Waals surface area contributed by atoms with E-state index in [1.54, 1.807) is 4.57 Å². The first kappa shape index (κ1) is 28.2. The molecule has 0 bridgehead atoms. The predicted molar refractivity (Wildman–Crippen MR) is 136 cm³/mol. The molecule has 6 heteroatoms. The maximum atomic E-state index is 13.2. The fraction of sp³-hybridized carbons (Fsp3) is 0.769. The summed E-state index contributed by atoms with van der Waals surface area (Å²) in [6, 6.07) is 0. The number of hydrogen-bond acceptors (Lipinski definition) is 4. The van der Waals surface area contributed by atoms with Crippen LogP contribution in [-0.4, -0.2) is 58.2 Å². The zero-order valence-corrected chi connectivity index (χ0v) is 21.3. The average molecular weight is 447 g/mol. The van der Waals surface area contributed by atoms with Gasteiger partial charge in [-0.3, -0.25) is 13.9 Å². The molecule has 1 aromatic rings. The Morgan fingerprint density at radius 3 is 1.66 bits per heavy atom. The van der Waals surface area contributed by atoms with Gasteiger partial charge in [0.25, 0.3) is 5.56 Å². The highest BCUT2D eigenvalue weighted by Crippen LogP contribution is 2.07. The molecule has 0 saturated carbocycles. The Morgan fingerprint density at radius 1 is 0.750 bits per heavy atom. The fourth-order valence-corrected chi connectivity index (χ4v) is 4.27. The molecule has 0 aromatic carbocycles. The largest absolute Gasteiger partial charge is 0.331 e. The van der Waals surface area contributed by atoms with Gasteiger partial charge >= 0.3 is 5.69 Å². The van der Waals surface area contributed by atoms with Crippen LogP contribution in [0.1, 0.15) is 77.5 Å². The molecule has 1 heterocycles. The Kier molecular flexibility index (Phi) is 14.0. The highest BCUT2D eigenvalue weighted by molar-refractivity contribution is 5.21. The fourth-order valence-electron chi connectivity index (χ4n) is 4.27. The Hall–Kier alpha value is -1.84. The number of rotatable bonds is 17. The van der Waals surface area contributed by atoms with Crippen LogP contribution in [0.3, 0.4) is 0 Å². The van der Waals surface area contributed by atoms with E-state index in [-0.39, 0.29) is 17.7 Å². The minimum atomic E-state index is -0.202. The van der Waals surface area contributed by atoms with E-state index in [0.29, 0.717) is 18.7 Å². The second-order valence-corrected chi connectivity index (χ2v) is 8.51. The number of unbranched alkanes of at least 4 members (excludes halogenated alkanes) is 4. The molecule has 1 rings (SSSR count). The van der Waals surface area contributed by atoms with E-state index in [2.05, 4.69) is 43.4 Å². The van der Waals surface area contributed by atoms with Crippen LogP contribution in [0.15, 0.2) is 9.59 Å². The third kappa shape index (κ3) is 8.60. The van der Waals surface area contributed by atoms with Crippen molar-refractivity contribution in [3.63, 3.8) is 0 Å². The van der Waals surface area contributed by atoms with E-state index in [9.17, 15) is 9.59 Å². The Morgan fingerprint density at radius 2 is 1.22 bits per heavy atom. The van der Waals surface area contributed by atoms with Crippen LogP contribution in [0.4, 0.5) is 0 Å². The third-order valence-corrected chi connectivity index (χ3v) is 6.59. The summed E-state index contributed by atoms with van der Waals surface area (Å²) >= 11 is 0. The smallest absolute Gasteiger partial charge is 0.304 e. The van der Waals surface area contributed by atoms with Gasteiger partial charge in [0.05, 0.1) is 0 Å². The van der Waals surface area contributed by atoms with Crippen molar-refractivity contribution in [2.24, 2.45) is 0 Å². The molecule has 0 aliphatic heterocycles. The molecule has 0 spiro atoms. The molecule has 0 amide bonds. The monoisotopic (exact) mass is 446 g/mol. The van der Waals surface area contributed by atoms with Crippen LogP contribution < -0.4 is 11.2 Å². The average Bonchev–Trinajstić information content (AvgIpc) is 2.80. The van der Waals surface area contributed by atoms with E-state index in [0.717, 1.165) is 83.5 Å². The standard InChI is InChI=1S/C26H46N4O2/c1-7-18-24-23(6)29(21-16-12-14-19-27(8-2)9-3)26(32)30(25(24)31)22-17-13-15-20-28(10-4)11-5/h1H,8-22H2,2-6H3. The van der Waals surface area contributed by atoms with Crippen molar-refractivity contribution in [2.75, 3.05) is 39.3 Å². The molecular formula is C26H46N4O2. The van der Waals surface area contributed by atoms with Gasteiger partial charge in [-0.15, -0.1) is 12.3 Å². The van der Waals surface area contributed by atoms with Crippen LogP contribution in [0.5, 0.6) is 0 Å². The van der Waals surface area contributed by atoms with Crippen LogP contribution >= 0.6 is 0 Å². The molecule has 0 radical (unpaired) electrons. The second-order valence-electron chi connectivity index (χ2n) is 8.51. The number of hydrogen-bond donors (Lipinski definition) is 0. The lowest BCUT2D eigenvalue weighted by molar-refractivity contribution is 0.293. The highest BCUT2D eigenvalue weighted by atomic mass is 16.2. The summed E-state index contributed by atoms with van der Waals surface area (Å²) in [6.07, 6.45) is 11.8. The molecule has 0 N–H and O–H groups in total. The van der Waals surface area contributed by atoms with Crippen molar-refractivity contribution >= 4 is 0 Å². The molecule has 0 unspecified atom stereocenters. The summed E-state index contributed by atoms with van der Waals surface area (Å²) in [4.78, 5) is 30.9. The number of nitrogens with zero attached hydrogens (tertiary/aromatic N) is 4. The van der Waals surface area contributed by atoms with E-state index in [4.69, 9.17) is 6.42 Å². The molecule has 0 aliphatic rings. The predicted octanol–water partition coefficient (Wildman–Crippen LogP) is 3.52. The SMILES string of the molecule is C#CCc1c(C)n(CCCCCN(CC)CC)c(=O)n(CCCCCN(CC)CC)c1=O. The van der Waals surface area contributed by atoms with Gasteiger partial charge in [-0.2, -0.15) is 0 Å².